The first-order chi connectivity index (χ1) is 11.2. The molecule has 1 aliphatic rings. The average molecular weight is 374 g/mol. The van der Waals surface area contributed by atoms with Crippen molar-refractivity contribution in [3.8, 4) is 5.75 Å². The summed E-state index contributed by atoms with van der Waals surface area (Å²) in [7, 11) is 1.65. The minimum Gasteiger partial charge on any atom is -0.495 e. The van der Waals surface area contributed by atoms with Crippen molar-refractivity contribution in [3.05, 3.63) is 23.8 Å². The Morgan fingerprint density at radius 2 is 2.04 bits per heavy atom. The Hall–Kier alpha value is -0.520. The van der Waals surface area contributed by atoms with Crippen LogP contribution in [0.4, 0.5) is 5.69 Å². The molecule has 1 saturated heterocycles. The second kappa shape index (κ2) is 9.70. The van der Waals surface area contributed by atoms with Gasteiger partial charge in [-0.2, -0.15) is 0 Å². The molecule has 1 aliphatic heterocycles. The Kier molecular flexibility index (Phi) is 7.93. The molecule has 0 atom stereocenters. The zero-order valence-electron chi connectivity index (χ0n) is 13.7. The summed E-state index contributed by atoms with van der Waals surface area (Å²) in [5, 5.41) is 0. The molecule has 1 aromatic carbocycles. The van der Waals surface area contributed by atoms with E-state index >= 15 is 0 Å². The number of alkyl halides is 1. The summed E-state index contributed by atoms with van der Waals surface area (Å²) in [5.41, 5.74) is 2.00. The molecule has 6 heteroatoms. The number of carbonyl (C=O) groups is 1. The van der Waals surface area contributed by atoms with Crippen molar-refractivity contribution in [2.75, 3.05) is 35.9 Å². The Morgan fingerprint density at radius 3 is 2.61 bits per heavy atom. The van der Waals surface area contributed by atoms with Gasteiger partial charge < -0.3 is 9.64 Å². The molecular weight excluding hydrogens is 350 g/mol. The number of benzene rings is 1. The summed E-state index contributed by atoms with van der Waals surface area (Å²) in [6.45, 7) is 2.77. The summed E-state index contributed by atoms with van der Waals surface area (Å²) >= 11 is 9.79. The van der Waals surface area contributed by atoms with E-state index in [0.29, 0.717) is 11.1 Å². The number of aryl methyl sites for hydroxylation is 1. The van der Waals surface area contributed by atoms with E-state index < -0.39 is 0 Å². The van der Waals surface area contributed by atoms with Gasteiger partial charge in [-0.25, -0.2) is 0 Å². The zero-order valence-corrected chi connectivity index (χ0v) is 16.1. The first-order valence-corrected chi connectivity index (χ1v) is 10.6. The minimum atomic E-state index is -0.0590. The molecule has 0 aromatic heterocycles. The smallest absolute Gasteiger partial charge is 0.242 e. The van der Waals surface area contributed by atoms with Gasteiger partial charge in [-0.1, -0.05) is 19.1 Å². The van der Waals surface area contributed by atoms with Crippen molar-refractivity contribution >= 4 is 46.7 Å². The van der Waals surface area contributed by atoms with Gasteiger partial charge in [0.2, 0.25) is 5.91 Å². The van der Waals surface area contributed by atoms with E-state index in [1.807, 2.05) is 40.6 Å². The number of carbonyl (C=O) groups excluding carboxylic acids is 1. The van der Waals surface area contributed by atoms with E-state index in [0.717, 1.165) is 34.9 Å². The molecule has 1 aromatic rings. The predicted octanol–water partition coefficient (Wildman–Crippen LogP) is 4.42. The van der Waals surface area contributed by atoms with Crippen LogP contribution in [0.2, 0.25) is 0 Å². The molecular formula is C17H24ClNO2S2. The lowest BCUT2D eigenvalue weighted by molar-refractivity contribution is -0.116. The number of anilines is 1. The average Bonchev–Trinajstić information content (AvgIpc) is 2.87. The van der Waals surface area contributed by atoms with Gasteiger partial charge in [0.1, 0.15) is 11.6 Å². The number of hydrogen-bond acceptors (Lipinski definition) is 4. The Balaban J connectivity index is 2.33. The number of para-hydroxylation sites is 1. The van der Waals surface area contributed by atoms with E-state index in [4.69, 9.17) is 16.3 Å². The van der Waals surface area contributed by atoms with Crippen molar-refractivity contribution < 1.29 is 9.53 Å². The van der Waals surface area contributed by atoms with Gasteiger partial charge in [0.15, 0.2) is 0 Å². The SMILES string of the molecule is CCc1cccc(OC)c1N(CC1SCCCCS1)C(=O)CCl. The normalized spacial score (nSPS) is 16.0. The van der Waals surface area contributed by atoms with Crippen LogP contribution >= 0.6 is 35.1 Å². The fraction of sp³-hybridized carbons (Fsp3) is 0.588. The lowest BCUT2D eigenvalue weighted by atomic mass is 10.1. The van der Waals surface area contributed by atoms with Crippen LogP contribution in [0.5, 0.6) is 5.75 Å². The highest BCUT2D eigenvalue weighted by atomic mass is 35.5. The largest absolute Gasteiger partial charge is 0.495 e. The highest BCUT2D eigenvalue weighted by Crippen LogP contribution is 2.36. The van der Waals surface area contributed by atoms with Crippen LogP contribution in [0.25, 0.3) is 0 Å². The highest BCUT2D eigenvalue weighted by Gasteiger charge is 2.26. The van der Waals surface area contributed by atoms with Crippen LogP contribution in [0.15, 0.2) is 18.2 Å². The molecule has 23 heavy (non-hydrogen) atoms. The topological polar surface area (TPSA) is 29.5 Å². The molecule has 2 rings (SSSR count). The lowest BCUT2D eigenvalue weighted by Crippen LogP contribution is -2.37. The maximum atomic E-state index is 12.5. The number of rotatable bonds is 6. The number of nitrogens with zero attached hydrogens (tertiary/aromatic N) is 1. The Bertz CT molecular complexity index is 497. The molecule has 128 valence electrons. The number of hydrogen-bond donors (Lipinski definition) is 0. The monoisotopic (exact) mass is 373 g/mol. The third kappa shape index (κ3) is 4.97. The van der Waals surface area contributed by atoms with E-state index in [1.165, 1.54) is 12.8 Å². The first-order valence-electron chi connectivity index (χ1n) is 7.96. The molecule has 0 saturated carbocycles. The third-order valence-corrected chi connectivity index (χ3v) is 6.98. The van der Waals surface area contributed by atoms with Crippen molar-refractivity contribution in [2.45, 2.75) is 30.8 Å². The standard InChI is InChI=1S/C17H24ClNO2S2/c1-3-13-7-6-8-14(21-2)17(13)19(15(20)11-18)12-16-22-9-4-5-10-23-16/h6-8,16H,3-5,9-12H2,1-2H3. The van der Waals surface area contributed by atoms with Crippen LogP contribution in [-0.4, -0.2) is 41.5 Å². The molecule has 3 nitrogen and oxygen atoms in total. The number of ether oxygens (including phenoxy) is 1. The van der Waals surface area contributed by atoms with Gasteiger partial charge in [-0.15, -0.1) is 35.1 Å². The highest BCUT2D eigenvalue weighted by molar-refractivity contribution is 8.17. The number of halogens is 1. The van der Waals surface area contributed by atoms with Gasteiger partial charge >= 0.3 is 0 Å². The van der Waals surface area contributed by atoms with E-state index in [9.17, 15) is 4.79 Å². The van der Waals surface area contributed by atoms with Crippen LogP contribution in [0.3, 0.4) is 0 Å². The van der Waals surface area contributed by atoms with Crippen LogP contribution in [0.1, 0.15) is 25.3 Å². The second-order valence-corrected chi connectivity index (χ2v) is 8.52. The maximum Gasteiger partial charge on any atom is 0.242 e. The second-order valence-electron chi connectivity index (χ2n) is 5.34. The number of amides is 1. The molecule has 1 amide bonds. The van der Waals surface area contributed by atoms with Gasteiger partial charge in [0.25, 0.3) is 0 Å². The Labute approximate surface area is 152 Å². The minimum absolute atomic E-state index is 0.0107. The summed E-state index contributed by atoms with van der Waals surface area (Å²) in [6.07, 6.45) is 3.36. The van der Waals surface area contributed by atoms with E-state index in [2.05, 4.69) is 13.0 Å². The van der Waals surface area contributed by atoms with Gasteiger partial charge in [0, 0.05) is 6.54 Å². The Morgan fingerprint density at radius 1 is 1.35 bits per heavy atom. The van der Waals surface area contributed by atoms with Gasteiger partial charge in [0.05, 0.1) is 17.4 Å². The van der Waals surface area contributed by atoms with Crippen LogP contribution < -0.4 is 9.64 Å². The molecule has 0 radical (unpaired) electrons. The third-order valence-electron chi connectivity index (χ3n) is 3.85. The molecule has 0 spiro atoms. The molecule has 0 aliphatic carbocycles. The summed E-state index contributed by atoms with van der Waals surface area (Å²) in [4.78, 5) is 14.4. The van der Waals surface area contributed by atoms with Crippen molar-refractivity contribution in [2.24, 2.45) is 0 Å². The van der Waals surface area contributed by atoms with Crippen molar-refractivity contribution in [1.82, 2.24) is 0 Å². The molecule has 1 heterocycles. The van der Waals surface area contributed by atoms with E-state index in [1.54, 1.807) is 7.11 Å². The van der Waals surface area contributed by atoms with Crippen molar-refractivity contribution in [1.29, 1.82) is 0 Å². The van der Waals surface area contributed by atoms with Crippen LogP contribution in [-0.2, 0) is 11.2 Å². The van der Waals surface area contributed by atoms with Crippen LogP contribution in [0, 0.1) is 0 Å². The fourth-order valence-corrected chi connectivity index (χ4v) is 5.53. The molecule has 0 N–H and O–H groups in total. The summed E-state index contributed by atoms with van der Waals surface area (Å²) in [6, 6.07) is 5.94. The molecule has 0 unspecified atom stereocenters. The first kappa shape index (κ1) is 18.8. The van der Waals surface area contributed by atoms with E-state index in [-0.39, 0.29) is 11.8 Å². The lowest BCUT2D eigenvalue weighted by Gasteiger charge is -2.29. The molecule has 0 bridgehead atoms. The fourth-order valence-electron chi connectivity index (χ4n) is 2.65. The molecule has 1 fully saturated rings. The number of thioether (sulfide) groups is 2. The summed E-state index contributed by atoms with van der Waals surface area (Å²) < 4.78 is 5.91. The van der Waals surface area contributed by atoms with Gasteiger partial charge in [-0.05, 0) is 42.4 Å². The van der Waals surface area contributed by atoms with Gasteiger partial charge in [-0.3, -0.25) is 4.79 Å². The predicted molar refractivity (Wildman–Crippen MR) is 103 cm³/mol. The number of methoxy groups -OCH3 is 1. The quantitative estimate of drug-likeness (QED) is 0.690. The van der Waals surface area contributed by atoms with Crippen molar-refractivity contribution in [3.63, 3.8) is 0 Å². The summed E-state index contributed by atoms with van der Waals surface area (Å²) in [5.74, 6) is 2.99. The maximum absolute atomic E-state index is 12.5. The zero-order chi connectivity index (χ0) is 16.7.